The lowest BCUT2D eigenvalue weighted by atomic mass is 10.2. The largest absolute Gasteiger partial charge is 0.497 e. The van der Waals surface area contributed by atoms with Gasteiger partial charge < -0.3 is 14.5 Å². The van der Waals surface area contributed by atoms with Crippen LogP contribution in [0, 0.1) is 0 Å². The van der Waals surface area contributed by atoms with Gasteiger partial charge in [-0.25, -0.2) is 4.98 Å². The molecule has 162 valence electrons. The Morgan fingerprint density at radius 1 is 1.10 bits per heavy atom. The molecule has 6 nitrogen and oxygen atoms in total. The lowest BCUT2D eigenvalue weighted by Gasteiger charge is -2.35. The Bertz CT molecular complexity index is 833. The summed E-state index contributed by atoms with van der Waals surface area (Å²) in [5.74, 6) is 1.31. The second-order valence-corrected chi connectivity index (χ2v) is 7.26. The molecule has 1 aromatic carbocycles. The van der Waals surface area contributed by atoms with Crippen molar-refractivity contribution in [1.82, 2.24) is 14.8 Å². The first-order valence-electron chi connectivity index (χ1n) is 9.63. The van der Waals surface area contributed by atoms with E-state index < -0.39 is 11.7 Å². The lowest BCUT2D eigenvalue weighted by Crippen LogP contribution is -2.49. The van der Waals surface area contributed by atoms with E-state index >= 15 is 0 Å². The zero-order valence-electron chi connectivity index (χ0n) is 17.0. The van der Waals surface area contributed by atoms with Crippen LogP contribution in [-0.4, -0.2) is 67.6 Å². The predicted molar refractivity (Wildman–Crippen MR) is 107 cm³/mol. The van der Waals surface area contributed by atoms with Gasteiger partial charge in [0.25, 0.3) is 0 Å². The summed E-state index contributed by atoms with van der Waals surface area (Å²) in [6, 6.07) is 10.0. The number of methoxy groups -OCH3 is 1. The minimum Gasteiger partial charge on any atom is -0.497 e. The normalized spacial score (nSPS) is 15.2. The fourth-order valence-electron chi connectivity index (χ4n) is 3.28. The Hall–Kier alpha value is -2.81. The van der Waals surface area contributed by atoms with E-state index in [0.717, 1.165) is 23.6 Å². The van der Waals surface area contributed by atoms with Gasteiger partial charge in [-0.05, 0) is 29.8 Å². The number of anilines is 1. The highest BCUT2D eigenvalue weighted by Gasteiger charge is 2.31. The number of alkyl halides is 3. The Balaban J connectivity index is 1.47. The molecule has 1 fully saturated rings. The van der Waals surface area contributed by atoms with E-state index in [0.29, 0.717) is 45.1 Å². The Morgan fingerprint density at radius 2 is 1.77 bits per heavy atom. The van der Waals surface area contributed by atoms with Gasteiger partial charge in [0.05, 0.1) is 19.2 Å². The number of hydrogen-bond acceptors (Lipinski definition) is 5. The lowest BCUT2D eigenvalue weighted by molar-refractivity contribution is -0.137. The van der Waals surface area contributed by atoms with Crippen molar-refractivity contribution in [2.75, 3.05) is 51.8 Å². The van der Waals surface area contributed by atoms with E-state index in [2.05, 4.69) is 4.98 Å². The first-order valence-corrected chi connectivity index (χ1v) is 9.63. The number of amides is 1. The number of ether oxygens (including phenoxy) is 1. The topological polar surface area (TPSA) is 48.9 Å². The Morgan fingerprint density at radius 3 is 2.30 bits per heavy atom. The monoisotopic (exact) mass is 422 g/mol. The zero-order chi connectivity index (χ0) is 21.7. The molecule has 1 aliphatic heterocycles. The van der Waals surface area contributed by atoms with Crippen molar-refractivity contribution < 1.29 is 22.7 Å². The summed E-state index contributed by atoms with van der Waals surface area (Å²) in [6.45, 7) is 3.32. The molecule has 0 spiro atoms. The third-order valence-electron chi connectivity index (χ3n) is 5.13. The predicted octanol–water partition coefficient (Wildman–Crippen LogP) is 2.89. The van der Waals surface area contributed by atoms with Crippen LogP contribution in [0.4, 0.5) is 19.0 Å². The van der Waals surface area contributed by atoms with Crippen LogP contribution in [0.1, 0.15) is 11.1 Å². The molecule has 1 amide bonds. The van der Waals surface area contributed by atoms with Gasteiger partial charge >= 0.3 is 6.18 Å². The second-order valence-electron chi connectivity index (χ2n) is 7.26. The molecule has 1 saturated heterocycles. The summed E-state index contributed by atoms with van der Waals surface area (Å²) >= 11 is 0. The number of nitrogens with zero attached hydrogens (tertiary/aromatic N) is 4. The van der Waals surface area contributed by atoms with Crippen molar-refractivity contribution in [1.29, 1.82) is 0 Å². The Labute approximate surface area is 173 Å². The van der Waals surface area contributed by atoms with E-state index in [4.69, 9.17) is 4.74 Å². The number of halogens is 3. The third kappa shape index (κ3) is 5.63. The molecule has 0 unspecified atom stereocenters. The van der Waals surface area contributed by atoms with Crippen molar-refractivity contribution >= 4 is 11.7 Å². The highest BCUT2D eigenvalue weighted by atomic mass is 19.4. The molecular formula is C21H25F3N4O2. The van der Waals surface area contributed by atoms with Gasteiger partial charge in [0.2, 0.25) is 5.91 Å². The van der Waals surface area contributed by atoms with Crippen molar-refractivity contribution in [2.24, 2.45) is 0 Å². The maximum atomic E-state index is 12.7. The maximum Gasteiger partial charge on any atom is 0.417 e. The fraction of sp³-hybridized carbons (Fsp3) is 0.429. The summed E-state index contributed by atoms with van der Waals surface area (Å²) < 4.78 is 43.1. The van der Waals surface area contributed by atoms with Crippen LogP contribution in [0.2, 0.25) is 0 Å². The van der Waals surface area contributed by atoms with E-state index in [9.17, 15) is 18.0 Å². The van der Waals surface area contributed by atoms with Gasteiger partial charge in [-0.1, -0.05) is 12.1 Å². The highest BCUT2D eigenvalue weighted by Crippen LogP contribution is 2.29. The van der Waals surface area contributed by atoms with Gasteiger partial charge in [-0.3, -0.25) is 9.69 Å². The van der Waals surface area contributed by atoms with Crippen LogP contribution in [0.25, 0.3) is 0 Å². The number of aromatic nitrogens is 1. The van der Waals surface area contributed by atoms with Crippen LogP contribution in [-0.2, 0) is 17.5 Å². The maximum absolute atomic E-state index is 12.7. The number of pyridine rings is 1. The summed E-state index contributed by atoms with van der Waals surface area (Å²) in [5.41, 5.74) is 0.264. The quantitative estimate of drug-likeness (QED) is 0.717. The van der Waals surface area contributed by atoms with Crippen molar-refractivity contribution in [3.8, 4) is 5.75 Å². The van der Waals surface area contributed by atoms with Gasteiger partial charge in [-0.2, -0.15) is 13.2 Å². The van der Waals surface area contributed by atoms with E-state index in [1.165, 1.54) is 6.07 Å². The van der Waals surface area contributed by atoms with Crippen LogP contribution < -0.4 is 9.64 Å². The molecule has 1 aromatic heterocycles. The molecule has 1 aliphatic rings. The smallest absolute Gasteiger partial charge is 0.417 e. The van der Waals surface area contributed by atoms with Crippen molar-refractivity contribution in [3.63, 3.8) is 0 Å². The number of benzene rings is 1. The van der Waals surface area contributed by atoms with Gasteiger partial charge in [-0.15, -0.1) is 0 Å². The molecule has 0 aliphatic carbocycles. The summed E-state index contributed by atoms with van der Waals surface area (Å²) in [5, 5.41) is 0. The molecule has 0 N–H and O–H groups in total. The minimum atomic E-state index is -4.39. The number of hydrogen-bond donors (Lipinski definition) is 0. The number of likely N-dealkylation sites (N-methyl/N-ethyl adjacent to an activating group) is 1. The molecule has 0 bridgehead atoms. The summed E-state index contributed by atoms with van der Waals surface area (Å²) in [6.07, 6.45) is -3.53. The van der Waals surface area contributed by atoms with Gasteiger partial charge in [0.15, 0.2) is 0 Å². The molecule has 2 heterocycles. The molecule has 9 heteroatoms. The molecule has 3 rings (SSSR count). The van der Waals surface area contributed by atoms with Crippen LogP contribution in [0.3, 0.4) is 0 Å². The van der Waals surface area contributed by atoms with E-state index in [1.54, 1.807) is 19.1 Å². The molecule has 0 atom stereocenters. The fourth-order valence-corrected chi connectivity index (χ4v) is 3.28. The summed E-state index contributed by atoms with van der Waals surface area (Å²) in [4.78, 5) is 22.2. The Kier molecular flexibility index (Phi) is 6.81. The third-order valence-corrected chi connectivity index (χ3v) is 5.13. The zero-order valence-corrected chi connectivity index (χ0v) is 17.0. The van der Waals surface area contributed by atoms with Crippen LogP contribution in [0.15, 0.2) is 42.6 Å². The number of rotatable bonds is 6. The summed E-state index contributed by atoms with van der Waals surface area (Å²) in [7, 11) is 3.38. The first kappa shape index (κ1) is 21.9. The average Bonchev–Trinajstić information content (AvgIpc) is 2.74. The molecule has 0 radical (unpaired) electrons. The molecule has 2 aromatic rings. The van der Waals surface area contributed by atoms with Crippen molar-refractivity contribution in [3.05, 3.63) is 53.7 Å². The first-order chi connectivity index (χ1) is 14.3. The minimum absolute atomic E-state index is 0.0203. The van der Waals surface area contributed by atoms with E-state index in [1.807, 2.05) is 34.1 Å². The highest BCUT2D eigenvalue weighted by molar-refractivity contribution is 5.78. The van der Waals surface area contributed by atoms with Crippen LogP contribution >= 0.6 is 0 Å². The number of piperazine rings is 1. The average molecular weight is 422 g/mol. The number of carbonyl (C=O) groups is 1. The van der Waals surface area contributed by atoms with Crippen LogP contribution in [0.5, 0.6) is 5.75 Å². The SMILES string of the molecule is COc1ccc(CN(C)C(=O)CN2CCN(c3ccc(C(F)(F)F)cn3)CC2)cc1. The standard InChI is InChI=1S/C21H25F3N4O2/c1-26(14-16-3-6-18(30-2)7-4-16)20(29)15-27-9-11-28(12-10-27)19-8-5-17(13-25-19)21(22,23)24/h3-8,13H,9-12,14-15H2,1-2H3. The second kappa shape index (κ2) is 9.34. The molecule has 30 heavy (non-hydrogen) atoms. The van der Waals surface area contributed by atoms with Gasteiger partial charge in [0, 0.05) is 46.0 Å². The van der Waals surface area contributed by atoms with E-state index in [-0.39, 0.29) is 5.91 Å². The van der Waals surface area contributed by atoms with Gasteiger partial charge in [0.1, 0.15) is 11.6 Å². The number of carbonyl (C=O) groups excluding carboxylic acids is 1. The van der Waals surface area contributed by atoms with Crippen molar-refractivity contribution in [2.45, 2.75) is 12.7 Å². The molecule has 0 saturated carbocycles. The molecular weight excluding hydrogens is 397 g/mol.